The SMILES string of the molecule is O=C(N[C@H]1[C@H](O)[C@H](O)C[C@@H]1c1ccccc1)c1nc2ccccc2s1. The largest absolute Gasteiger partial charge is 0.390 e. The molecule has 0 radical (unpaired) electrons. The predicted octanol–water partition coefficient (Wildman–Crippen LogP) is 2.30. The molecule has 1 amide bonds. The van der Waals surface area contributed by atoms with Crippen molar-refractivity contribution in [3.05, 3.63) is 65.2 Å². The van der Waals surface area contributed by atoms with Crippen molar-refractivity contribution in [2.24, 2.45) is 0 Å². The second-order valence-electron chi connectivity index (χ2n) is 6.30. The van der Waals surface area contributed by atoms with Crippen LogP contribution in [-0.4, -0.2) is 39.4 Å². The molecule has 4 rings (SSSR count). The van der Waals surface area contributed by atoms with E-state index in [0.29, 0.717) is 11.4 Å². The Morgan fingerprint density at radius 1 is 1.08 bits per heavy atom. The maximum atomic E-state index is 12.6. The first kappa shape index (κ1) is 16.2. The fourth-order valence-corrected chi connectivity index (χ4v) is 4.30. The minimum Gasteiger partial charge on any atom is -0.390 e. The molecule has 0 saturated heterocycles. The number of aliphatic hydroxyl groups excluding tert-OH is 2. The topological polar surface area (TPSA) is 82.5 Å². The second kappa shape index (κ2) is 6.55. The van der Waals surface area contributed by atoms with Crippen molar-refractivity contribution in [3.63, 3.8) is 0 Å². The fourth-order valence-electron chi connectivity index (χ4n) is 3.44. The molecule has 4 atom stereocenters. The van der Waals surface area contributed by atoms with Gasteiger partial charge in [0.2, 0.25) is 0 Å². The number of para-hydroxylation sites is 1. The van der Waals surface area contributed by atoms with Crippen molar-refractivity contribution in [1.82, 2.24) is 10.3 Å². The molecule has 128 valence electrons. The van der Waals surface area contributed by atoms with Crippen LogP contribution < -0.4 is 5.32 Å². The van der Waals surface area contributed by atoms with Gasteiger partial charge in [0.05, 0.1) is 22.4 Å². The van der Waals surface area contributed by atoms with Crippen molar-refractivity contribution >= 4 is 27.5 Å². The minimum atomic E-state index is -0.997. The number of fused-ring (bicyclic) bond motifs is 1. The van der Waals surface area contributed by atoms with Crippen LogP contribution in [0.1, 0.15) is 27.7 Å². The van der Waals surface area contributed by atoms with E-state index in [1.165, 1.54) is 11.3 Å². The van der Waals surface area contributed by atoms with Crippen LogP contribution in [-0.2, 0) is 0 Å². The summed E-state index contributed by atoms with van der Waals surface area (Å²) in [6.07, 6.45) is -1.44. The van der Waals surface area contributed by atoms with Crippen LogP contribution in [0.5, 0.6) is 0 Å². The van der Waals surface area contributed by atoms with Gasteiger partial charge < -0.3 is 15.5 Å². The van der Waals surface area contributed by atoms with Crippen molar-refractivity contribution in [2.75, 3.05) is 0 Å². The third kappa shape index (κ3) is 3.04. The zero-order valence-corrected chi connectivity index (χ0v) is 14.2. The Bertz CT molecular complexity index is 863. The summed E-state index contributed by atoms with van der Waals surface area (Å²) in [5.41, 5.74) is 1.77. The molecule has 0 spiro atoms. The average molecular weight is 354 g/mol. The second-order valence-corrected chi connectivity index (χ2v) is 7.33. The smallest absolute Gasteiger partial charge is 0.280 e. The standard InChI is InChI=1S/C19H18N2O3S/c22-14-10-12(11-6-2-1-3-7-11)16(17(14)23)21-18(24)19-20-13-8-4-5-9-15(13)25-19/h1-9,12,14,16-17,22-23H,10H2,(H,21,24)/t12-,14-,16-,17-/m1/s1. The zero-order chi connectivity index (χ0) is 17.4. The molecule has 1 aliphatic carbocycles. The maximum absolute atomic E-state index is 12.6. The number of hydrogen-bond acceptors (Lipinski definition) is 5. The lowest BCUT2D eigenvalue weighted by molar-refractivity contribution is 0.0294. The molecule has 6 heteroatoms. The number of carbonyl (C=O) groups excluding carboxylic acids is 1. The van der Waals surface area contributed by atoms with Crippen LogP contribution in [0.4, 0.5) is 0 Å². The number of thiazole rings is 1. The summed E-state index contributed by atoms with van der Waals surface area (Å²) < 4.78 is 0.944. The Morgan fingerprint density at radius 3 is 2.56 bits per heavy atom. The summed E-state index contributed by atoms with van der Waals surface area (Å²) in [4.78, 5) is 17.0. The van der Waals surface area contributed by atoms with Crippen molar-refractivity contribution < 1.29 is 15.0 Å². The molecule has 0 bridgehead atoms. The van der Waals surface area contributed by atoms with Gasteiger partial charge in [-0.25, -0.2) is 4.98 Å². The summed E-state index contributed by atoms with van der Waals surface area (Å²) in [5, 5.41) is 23.7. The number of aliphatic hydroxyl groups is 2. The Balaban J connectivity index is 1.59. The van der Waals surface area contributed by atoms with Gasteiger partial charge in [-0.1, -0.05) is 42.5 Å². The van der Waals surface area contributed by atoms with Gasteiger partial charge in [-0.05, 0) is 24.1 Å². The van der Waals surface area contributed by atoms with Crippen LogP contribution >= 0.6 is 11.3 Å². The number of nitrogens with zero attached hydrogens (tertiary/aromatic N) is 1. The molecule has 1 heterocycles. The molecule has 2 aromatic carbocycles. The Labute approximate surface area is 149 Å². The van der Waals surface area contributed by atoms with E-state index in [4.69, 9.17) is 0 Å². The number of carbonyl (C=O) groups is 1. The number of benzene rings is 2. The molecule has 3 aromatic rings. The summed E-state index contributed by atoms with van der Waals surface area (Å²) in [6, 6.07) is 16.7. The molecule has 0 unspecified atom stereocenters. The van der Waals surface area contributed by atoms with Gasteiger partial charge in [0.25, 0.3) is 5.91 Å². The molecular weight excluding hydrogens is 336 g/mol. The first-order valence-electron chi connectivity index (χ1n) is 8.21. The van der Waals surface area contributed by atoms with Crippen molar-refractivity contribution in [1.29, 1.82) is 0 Å². The quantitative estimate of drug-likeness (QED) is 0.674. The molecule has 3 N–H and O–H groups in total. The van der Waals surface area contributed by atoms with Crippen LogP contribution in [0.25, 0.3) is 10.2 Å². The number of nitrogens with one attached hydrogen (secondary N) is 1. The highest BCUT2D eigenvalue weighted by atomic mass is 32.1. The first-order valence-corrected chi connectivity index (χ1v) is 9.02. The van der Waals surface area contributed by atoms with Gasteiger partial charge in [0.15, 0.2) is 5.01 Å². The van der Waals surface area contributed by atoms with E-state index in [9.17, 15) is 15.0 Å². The lowest BCUT2D eigenvalue weighted by Gasteiger charge is -2.23. The molecular formula is C19H18N2O3S. The Morgan fingerprint density at radius 2 is 1.80 bits per heavy atom. The monoisotopic (exact) mass is 354 g/mol. The van der Waals surface area contributed by atoms with Crippen LogP contribution in [0.2, 0.25) is 0 Å². The van der Waals surface area contributed by atoms with Gasteiger partial charge in [0, 0.05) is 5.92 Å². The summed E-state index contributed by atoms with van der Waals surface area (Å²) in [5.74, 6) is -0.454. The number of aromatic nitrogens is 1. The molecule has 1 aromatic heterocycles. The molecule has 1 saturated carbocycles. The molecule has 1 fully saturated rings. The van der Waals surface area contributed by atoms with E-state index in [0.717, 1.165) is 15.8 Å². The number of amides is 1. The molecule has 1 aliphatic rings. The summed E-state index contributed by atoms with van der Waals surface area (Å²) in [6.45, 7) is 0. The van der Waals surface area contributed by atoms with E-state index in [-0.39, 0.29) is 11.8 Å². The predicted molar refractivity (Wildman–Crippen MR) is 96.7 cm³/mol. The molecule has 25 heavy (non-hydrogen) atoms. The third-order valence-electron chi connectivity index (χ3n) is 4.70. The Hall–Kier alpha value is -2.28. The number of hydrogen-bond donors (Lipinski definition) is 3. The van der Waals surface area contributed by atoms with Crippen LogP contribution in [0.3, 0.4) is 0 Å². The van der Waals surface area contributed by atoms with Crippen molar-refractivity contribution in [2.45, 2.75) is 30.6 Å². The highest BCUT2D eigenvalue weighted by Crippen LogP contribution is 2.35. The third-order valence-corrected chi connectivity index (χ3v) is 5.74. The van der Waals surface area contributed by atoms with Crippen LogP contribution in [0, 0.1) is 0 Å². The van der Waals surface area contributed by atoms with Gasteiger partial charge in [-0.2, -0.15) is 0 Å². The fraction of sp³-hybridized carbons (Fsp3) is 0.263. The maximum Gasteiger partial charge on any atom is 0.280 e. The van der Waals surface area contributed by atoms with Gasteiger partial charge in [-0.3, -0.25) is 4.79 Å². The Kier molecular flexibility index (Phi) is 4.25. The van der Waals surface area contributed by atoms with E-state index >= 15 is 0 Å². The normalized spacial score (nSPS) is 26.0. The van der Waals surface area contributed by atoms with E-state index in [1.807, 2.05) is 54.6 Å². The van der Waals surface area contributed by atoms with Gasteiger partial charge >= 0.3 is 0 Å². The first-order chi connectivity index (χ1) is 12.1. The summed E-state index contributed by atoms with van der Waals surface area (Å²) >= 11 is 1.32. The lowest BCUT2D eigenvalue weighted by atomic mass is 9.93. The zero-order valence-electron chi connectivity index (χ0n) is 13.4. The lowest BCUT2D eigenvalue weighted by Crippen LogP contribution is -2.45. The highest BCUT2D eigenvalue weighted by molar-refractivity contribution is 7.20. The van der Waals surface area contributed by atoms with Gasteiger partial charge in [-0.15, -0.1) is 11.3 Å². The number of rotatable bonds is 3. The summed E-state index contributed by atoms with van der Waals surface area (Å²) in [7, 11) is 0. The van der Waals surface area contributed by atoms with Crippen molar-refractivity contribution in [3.8, 4) is 0 Å². The minimum absolute atomic E-state index is 0.135. The molecule has 5 nitrogen and oxygen atoms in total. The van der Waals surface area contributed by atoms with E-state index in [2.05, 4.69) is 10.3 Å². The van der Waals surface area contributed by atoms with Crippen LogP contribution in [0.15, 0.2) is 54.6 Å². The van der Waals surface area contributed by atoms with E-state index in [1.54, 1.807) is 0 Å². The van der Waals surface area contributed by atoms with E-state index < -0.39 is 18.2 Å². The van der Waals surface area contributed by atoms with Gasteiger partial charge in [0.1, 0.15) is 6.10 Å². The highest BCUT2D eigenvalue weighted by Gasteiger charge is 2.43. The molecule has 0 aliphatic heterocycles. The average Bonchev–Trinajstić information content (AvgIpc) is 3.19.